The number of fused-ring (bicyclic) bond motifs is 1. The van der Waals surface area contributed by atoms with Crippen LogP contribution in [-0.2, 0) is 0 Å². The van der Waals surface area contributed by atoms with E-state index in [0.717, 1.165) is 42.5 Å². The van der Waals surface area contributed by atoms with E-state index in [1.807, 2.05) is 18.3 Å². The van der Waals surface area contributed by atoms with E-state index >= 15 is 0 Å². The summed E-state index contributed by atoms with van der Waals surface area (Å²) in [7, 11) is 3.25. The van der Waals surface area contributed by atoms with Crippen LogP contribution in [0.25, 0.3) is 16.9 Å². The fraction of sp³-hybridized carbons (Fsp3) is 0.500. The van der Waals surface area contributed by atoms with E-state index < -0.39 is 0 Å². The average molecular weight is 469 g/mol. The normalized spacial score (nSPS) is 18.1. The number of imidazole rings is 1. The number of ether oxygens (including phenoxy) is 2. The van der Waals surface area contributed by atoms with Crippen molar-refractivity contribution >= 4 is 22.9 Å². The third-order valence-electron chi connectivity index (χ3n) is 7.14. The molecule has 0 radical (unpaired) electrons. The quantitative estimate of drug-likeness (QED) is 0.486. The minimum absolute atomic E-state index is 0.540. The summed E-state index contributed by atoms with van der Waals surface area (Å²) < 4.78 is 13.0. The van der Waals surface area contributed by atoms with Crippen molar-refractivity contribution in [2.45, 2.75) is 32.1 Å². The Balaban J connectivity index is 1.35. The summed E-state index contributed by atoms with van der Waals surface area (Å²) in [6, 6.07) is 8.05. The first-order chi connectivity index (χ1) is 16.1. The Labute approximate surface area is 201 Å². The molecule has 2 aliphatic rings. The van der Waals surface area contributed by atoms with Crippen LogP contribution in [0.2, 0.25) is 5.02 Å². The van der Waals surface area contributed by atoms with E-state index in [2.05, 4.69) is 32.5 Å². The maximum absolute atomic E-state index is 6.39. The third kappa shape index (κ3) is 4.78. The van der Waals surface area contributed by atoms with Crippen LogP contribution in [0.1, 0.15) is 32.1 Å². The Morgan fingerprint density at radius 2 is 1.79 bits per heavy atom. The average Bonchev–Trinajstić information content (AvgIpc) is 3.44. The van der Waals surface area contributed by atoms with Crippen LogP contribution in [-0.4, -0.2) is 61.2 Å². The second-order valence-corrected chi connectivity index (χ2v) is 9.66. The number of rotatable bonds is 6. The predicted octanol–water partition coefficient (Wildman–Crippen LogP) is 5.37. The lowest BCUT2D eigenvalue weighted by Crippen LogP contribution is -2.33. The van der Waals surface area contributed by atoms with Crippen molar-refractivity contribution in [2.24, 2.45) is 5.92 Å². The van der Waals surface area contributed by atoms with Gasteiger partial charge in [0, 0.05) is 62.0 Å². The minimum atomic E-state index is 0.540. The Kier molecular flexibility index (Phi) is 6.65. The molecule has 7 heteroatoms. The number of nitrogens with zero attached hydrogens (tertiary/aromatic N) is 4. The van der Waals surface area contributed by atoms with Gasteiger partial charge in [0.1, 0.15) is 17.1 Å². The molecule has 3 aromatic rings. The number of hydrogen-bond donors (Lipinski definition) is 0. The molecular weight excluding hydrogens is 436 g/mol. The van der Waals surface area contributed by atoms with Gasteiger partial charge in [-0.05, 0) is 43.9 Å². The van der Waals surface area contributed by atoms with Crippen LogP contribution >= 0.6 is 11.6 Å². The van der Waals surface area contributed by atoms with E-state index in [1.54, 1.807) is 14.2 Å². The van der Waals surface area contributed by atoms with Crippen molar-refractivity contribution in [1.82, 2.24) is 14.3 Å². The summed E-state index contributed by atoms with van der Waals surface area (Å²) in [5.74, 6) is 2.20. The van der Waals surface area contributed by atoms with Crippen LogP contribution in [0.3, 0.4) is 0 Å². The molecule has 0 N–H and O–H groups in total. The first-order valence-electron chi connectivity index (χ1n) is 12.0. The van der Waals surface area contributed by atoms with Crippen molar-refractivity contribution in [3.63, 3.8) is 0 Å². The summed E-state index contributed by atoms with van der Waals surface area (Å²) >= 11 is 6.39. The number of halogens is 1. The number of benzene rings is 1. The molecule has 0 bridgehead atoms. The van der Waals surface area contributed by atoms with Gasteiger partial charge in [0.15, 0.2) is 0 Å². The van der Waals surface area contributed by atoms with Gasteiger partial charge in [-0.1, -0.05) is 24.4 Å². The molecule has 2 fully saturated rings. The van der Waals surface area contributed by atoms with Gasteiger partial charge >= 0.3 is 0 Å². The SMILES string of the molecule is COc1cc(OC)c(-c2cn3ccc(N4CCCN(CC5CCCC5)CC4)cc3n2)cc1Cl. The second-order valence-electron chi connectivity index (χ2n) is 9.26. The van der Waals surface area contributed by atoms with Crippen LogP contribution in [0.5, 0.6) is 11.5 Å². The molecular formula is C26H33ClN4O2. The zero-order valence-corrected chi connectivity index (χ0v) is 20.4. The number of pyridine rings is 1. The van der Waals surface area contributed by atoms with Gasteiger partial charge in [-0.25, -0.2) is 4.98 Å². The molecule has 0 atom stereocenters. The first kappa shape index (κ1) is 22.4. The molecule has 1 aliphatic heterocycles. The lowest BCUT2D eigenvalue weighted by Gasteiger charge is -2.25. The molecule has 1 aliphatic carbocycles. The standard InChI is InChI=1S/C26H33ClN4O2/c1-32-24-16-25(33-2)22(27)15-21(24)23-18-31-11-8-20(14-26(31)28-23)30-10-5-9-29(12-13-30)17-19-6-3-4-7-19/h8,11,14-16,18-19H,3-7,9-10,12-13,17H2,1-2H3. The highest BCUT2D eigenvalue weighted by Crippen LogP contribution is 2.38. The summed E-state index contributed by atoms with van der Waals surface area (Å²) in [5.41, 5.74) is 3.84. The second kappa shape index (κ2) is 9.82. The van der Waals surface area contributed by atoms with E-state index in [9.17, 15) is 0 Å². The highest BCUT2D eigenvalue weighted by atomic mass is 35.5. The summed E-state index contributed by atoms with van der Waals surface area (Å²) in [5, 5.41) is 0.540. The predicted molar refractivity (Wildman–Crippen MR) is 134 cm³/mol. The monoisotopic (exact) mass is 468 g/mol. The minimum Gasteiger partial charge on any atom is -0.496 e. The zero-order valence-electron chi connectivity index (χ0n) is 19.6. The lowest BCUT2D eigenvalue weighted by molar-refractivity contribution is 0.246. The van der Waals surface area contributed by atoms with Crippen molar-refractivity contribution < 1.29 is 9.47 Å². The van der Waals surface area contributed by atoms with Gasteiger partial charge in [-0.3, -0.25) is 0 Å². The zero-order chi connectivity index (χ0) is 22.8. The molecule has 6 nitrogen and oxygen atoms in total. The van der Waals surface area contributed by atoms with Gasteiger partial charge in [0.25, 0.3) is 0 Å². The summed E-state index contributed by atoms with van der Waals surface area (Å²) in [4.78, 5) is 10.1. The molecule has 176 valence electrons. The molecule has 0 amide bonds. The Hall–Kier alpha value is -2.44. The smallest absolute Gasteiger partial charge is 0.141 e. The van der Waals surface area contributed by atoms with Gasteiger partial charge in [0.2, 0.25) is 0 Å². The lowest BCUT2D eigenvalue weighted by atomic mass is 10.1. The number of methoxy groups -OCH3 is 2. The van der Waals surface area contributed by atoms with E-state index in [1.165, 1.54) is 50.9 Å². The van der Waals surface area contributed by atoms with Crippen LogP contribution < -0.4 is 14.4 Å². The van der Waals surface area contributed by atoms with E-state index in [4.69, 9.17) is 26.1 Å². The van der Waals surface area contributed by atoms with E-state index in [-0.39, 0.29) is 0 Å². The molecule has 1 aromatic carbocycles. The molecule has 1 saturated carbocycles. The molecule has 2 aromatic heterocycles. The topological polar surface area (TPSA) is 42.2 Å². The Morgan fingerprint density at radius 3 is 2.58 bits per heavy atom. The summed E-state index contributed by atoms with van der Waals surface area (Å²) in [6.07, 6.45) is 11.0. The molecule has 0 spiro atoms. The maximum Gasteiger partial charge on any atom is 0.141 e. The highest BCUT2D eigenvalue weighted by molar-refractivity contribution is 6.32. The highest BCUT2D eigenvalue weighted by Gasteiger charge is 2.22. The van der Waals surface area contributed by atoms with Gasteiger partial charge in [0.05, 0.1) is 24.9 Å². The largest absolute Gasteiger partial charge is 0.496 e. The Morgan fingerprint density at radius 1 is 0.970 bits per heavy atom. The van der Waals surface area contributed by atoms with Crippen molar-refractivity contribution in [1.29, 1.82) is 0 Å². The summed E-state index contributed by atoms with van der Waals surface area (Å²) in [6.45, 7) is 5.79. The van der Waals surface area contributed by atoms with Gasteiger partial charge in [-0.15, -0.1) is 0 Å². The maximum atomic E-state index is 6.39. The molecule has 1 saturated heterocycles. The van der Waals surface area contributed by atoms with Crippen molar-refractivity contribution in [3.05, 3.63) is 41.7 Å². The van der Waals surface area contributed by atoms with Gasteiger partial charge in [-0.2, -0.15) is 0 Å². The van der Waals surface area contributed by atoms with Crippen molar-refractivity contribution in [3.8, 4) is 22.8 Å². The Bertz CT molecular complexity index is 1110. The van der Waals surface area contributed by atoms with Gasteiger partial charge < -0.3 is 23.7 Å². The van der Waals surface area contributed by atoms with Crippen LogP contribution in [0.15, 0.2) is 36.7 Å². The third-order valence-corrected chi connectivity index (χ3v) is 7.43. The molecule has 3 heterocycles. The van der Waals surface area contributed by atoms with Crippen molar-refractivity contribution in [2.75, 3.05) is 51.8 Å². The fourth-order valence-corrected chi connectivity index (χ4v) is 5.57. The number of anilines is 1. The van der Waals surface area contributed by atoms with E-state index in [0.29, 0.717) is 16.5 Å². The van der Waals surface area contributed by atoms with Crippen LogP contribution in [0, 0.1) is 5.92 Å². The molecule has 33 heavy (non-hydrogen) atoms. The molecule has 0 unspecified atom stereocenters. The first-order valence-corrected chi connectivity index (χ1v) is 12.4. The number of aromatic nitrogens is 2. The number of hydrogen-bond acceptors (Lipinski definition) is 5. The molecule has 5 rings (SSSR count). The fourth-order valence-electron chi connectivity index (χ4n) is 5.33. The van der Waals surface area contributed by atoms with Crippen LogP contribution in [0.4, 0.5) is 5.69 Å².